The van der Waals surface area contributed by atoms with Crippen LogP contribution in [-0.2, 0) is 23.8 Å². The zero-order valence-electron chi connectivity index (χ0n) is 25.5. The van der Waals surface area contributed by atoms with Gasteiger partial charge in [0.25, 0.3) is 0 Å². The zero-order chi connectivity index (χ0) is 31.8. The Labute approximate surface area is 268 Å². The Kier molecular flexibility index (Phi) is 13.6. The second-order valence-electron chi connectivity index (χ2n) is 11.7. The number of esters is 1. The zero-order valence-corrected chi connectivity index (χ0v) is 28.6. The van der Waals surface area contributed by atoms with E-state index in [9.17, 15) is 14.4 Å². The third-order valence-electron chi connectivity index (χ3n) is 7.73. The van der Waals surface area contributed by atoms with Gasteiger partial charge >= 0.3 is 12.1 Å². The number of hydrogen-bond donors (Lipinski definition) is 0. The molecule has 5 atom stereocenters. The molecule has 0 saturated heterocycles. The van der Waals surface area contributed by atoms with E-state index in [0.717, 1.165) is 21.8 Å². The lowest BCUT2D eigenvalue weighted by Crippen LogP contribution is -2.44. The number of ether oxygens (including phenoxy) is 3. The summed E-state index contributed by atoms with van der Waals surface area (Å²) in [5, 5.41) is 2.93. The Morgan fingerprint density at radius 2 is 1.86 bits per heavy atom. The van der Waals surface area contributed by atoms with Gasteiger partial charge in [0.15, 0.2) is 0 Å². The van der Waals surface area contributed by atoms with Crippen LogP contribution in [0.2, 0.25) is 0 Å². The monoisotopic (exact) mass is 661 g/mol. The van der Waals surface area contributed by atoms with Crippen molar-refractivity contribution in [3.8, 4) is 0 Å². The van der Waals surface area contributed by atoms with E-state index in [1.54, 1.807) is 32.1 Å². The summed E-state index contributed by atoms with van der Waals surface area (Å²) >= 11 is 18.7. The van der Waals surface area contributed by atoms with Crippen LogP contribution >= 0.6 is 46.1 Å². The summed E-state index contributed by atoms with van der Waals surface area (Å²) in [7, 11) is 0. The number of rotatable bonds is 4. The average molecular weight is 663 g/mol. The van der Waals surface area contributed by atoms with Gasteiger partial charge in [-0.25, -0.2) is 9.78 Å². The minimum atomic E-state index is -1.79. The predicted octanol–water partition coefficient (Wildman–Crippen LogP) is 8.85. The number of thiazole rings is 1. The summed E-state index contributed by atoms with van der Waals surface area (Å²) in [4.78, 5) is 44.1. The van der Waals surface area contributed by atoms with Gasteiger partial charge in [0.2, 0.25) is 3.79 Å². The maximum atomic E-state index is 13.9. The Morgan fingerprint density at radius 3 is 2.45 bits per heavy atom. The van der Waals surface area contributed by atoms with Crippen LogP contribution in [0.5, 0.6) is 0 Å². The van der Waals surface area contributed by atoms with E-state index < -0.39 is 46.1 Å². The van der Waals surface area contributed by atoms with Crippen molar-refractivity contribution in [1.82, 2.24) is 4.98 Å². The smallest absolute Gasteiger partial charge is 0.457 e. The molecule has 0 radical (unpaired) electrons. The molecular formula is C31H42Cl3NO6S. The molecule has 1 aliphatic heterocycles. The number of Topliss-reactive ketones (excluding diaryl/α,β-unsaturated/α-hetero) is 1. The lowest BCUT2D eigenvalue weighted by molar-refractivity contribution is -0.150. The van der Waals surface area contributed by atoms with Crippen molar-refractivity contribution in [2.75, 3.05) is 6.61 Å². The van der Waals surface area contributed by atoms with Crippen LogP contribution in [-0.4, -0.2) is 45.5 Å². The van der Waals surface area contributed by atoms with Crippen LogP contribution in [0.3, 0.4) is 0 Å². The quantitative estimate of drug-likeness (QED) is 0.235. The summed E-state index contributed by atoms with van der Waals surface area (Å²) in [6, 6.07) is 0. The van der Waals surface area contributed by atoms with Gasteiger partial charge in [-0.15, -0.1) is 11.3 Å². The number of nitrogens with zero attached hydrogens (tertiary/aromatic N) is 1. The molecule has 0 aromatic carbocycles. The SMILES string of the molecule is CC1=CC[C@@H](/C(C)=C/c2csc(C)n2)OC(=O)C[C@H](C)C(C)(C)C(=O)[C@H](C)[C@@H](OC(=O)OCC(Cl)(Cl)Cl)[C@@H](C)CC=C1. The van der Waals surface area contributed by atoms with Gasteiger partial charge in [-0.2, -0.15) is 0 Å². The summed E-state index contributed by atoms with van der Waals surface area (Å²) < 4.78 is 14.8. The number of carbonyl (C=O) groups is 3. The van der Waals surface area contributed by atoms with E-state index in [4.69, 9.17) is 49.0 Å². The highest BCUT2D eigenvalue weighted by atomic mass is 35.6. The third kappa shape index (κ3) is 11.3. The third-order valence-corrected chi connectivity index (χ3v) is 8.85. The molecule has 42 heavy (non-hydrogen) atoms. The molecule has 0 N–H and O–H groups in total. The molecule has 11 heteroatoms. The summed E-state index contributed by atoms with van der Waals surface area (Å²) in [5.74, 6) is -1.84. The topological polar surface area (TPSA) is 91.8 Å². The molecule has 2 rings (SSSR count). The number of aromatic nitrogens is 1. The number of aryl methyl sites for hydroxylation is 1. The first-order valence-corrected chi connectivity index (χ1v) is 16.0. The largest absolute Gasteiger partial charge is 0.508 e. The van der Waals surface area contributed by atoms with Gasteiger partial charge in [-0.05, 0) is 50.7 Å². The molecule has 0 saturated carbocycles. The van der Waals surface area contributed by atoms with E-state index in [2.05, 4.69) is 4.98 Å². The maximum absolute atomic E-state index is 13.9. The summed E-state index contributed by atoms with van der Waals surface area (Å²) in [6.07, 6.45) is 6.64. The molecule has 0 spiro atoms. The number of alkyl halides is 3. The van der Waals surface area contributed by atoms with Crippen LogP contribution in [0.25, 0.3) is 6.08 Å². The molecule has 234 valence electrons. The van der Waals surface area contributed by atoms with Crippen LogP contribution in [0, 0.1) is 30.1 Å². The molecule has 7 nitrogen and oxygen atoms in total. The maximum Gasteiger partial charge on any atom is 0.508 e. The molecule has 0 unspecified atom stereocenters. The Morgan fingerprint density at radius 1 is 1.19 bits per heavy atom. The molecule has 0 fully saturated rings. The average Bonchev–Trinajstić information content (AvgIpc) is 3.30. The van der Waals surface area contributed by atoms with E-state index in [1.165, 1.54) is 0 Å². The molecule has 2 heterocycles. The first-order chi connectivity index (χ1) is 19.4. The van der Waals surface area contributed by atoms with Gasteiger partial charge in [-0.3, -0.25) is 9.59 Å². The predicted molar refractivity (Wildman–Crippen MR) is 170 cm³/mol. The van der Waals surface area contributed by atoms with Crippen molar-refractivity contribution < 1.29 is 28.6 Å². The van der Waals surface area contributed by atoms with Crippen LogP contribution in [0.4, 0.5) is 4.79 Å². The summed E-state index contributed by atoms with van der Waals surface area (Å²) in [6.45, 7) is 14.4. The van der Waals surface area contributed by atoms with E-state index in [0.29, 0.717) is 12.8 Å². The lowest BCUT2D eigenvalue weighted by Gasteiger charge is -2.36. The molecular weight excluding hydrogens is 621 g/mol. The minimum absolute atomic E-state index is 0.0417. The molecule has 1 aromatic heterocycles. The first kappa shape index (κ1) is 36.3. The second kappa shape index (κ2) is 15.7. The Bertz CT molecular complexity index is 1200. The molecule has 0 aliphatic carbocycles. The number of cyclic esters (lactones) is 1. The molecule has 0 bridgehead atoms. The van der Waals surface area contributed by atoms with E-state index >= 15 is 0 Å². The Balaban J connectivity index is 2.40. The van der Waals surface area contributed by atoms with Crippen molar-refractivity contribution in [2.45, 2.75) is 90.7 Å². The fourth-order valence-corrected chi connectivity index (χ4v) is 5.48. The van der Waals surface area contributed by atoms with Crippen molar-refractivity contribution in [3.05, 3.63) is 45.5 Å². The van der Waals surface area contributed by atoms with Crippen molar-refractivity contribution >= 4 is 70.1 Å². The van der Waals surface area contributed by atoms with E-state index in [-0.39, 0.29) is 24.0 Å². The number of ketones is 1. The number of hydrogen-bond acceptors (Lipinski definition) is 8. The van der Waals surface area contributed by atoms with Crippen LogP contribution < -0.4 is 0 Å². The first-order valence-electron chi connectivity index (χ1n) is 14.0. The number of halogens is 3. The highest BCUT2D eigenvalue weighted by Gasteiger charge is 2.43. The van der Waals surface area contributed by atoms with Gasteiger partial charge in [0.05, 0.1) is 16.6 Å². The van der Waals surface area contributed by atoms with Gasteiger partial charge in [0, 0.05) is 23.6 Å². The van der Waals surface area contributed by atoms with Crippen molar-refractivity contribution in [2.24, 2.45) is 23.2 Å². The molecule has 0 amide bonds. The van der Waals surface area contributed by atoms with Gasteiger partial charge < -0.3 is 14.2 Å². The van der Waals surface area contributed by atoms with Gasteiger partial charge in [-0.1, -0.05) is 93.2 Å². The standard InChI is InChI=1S/C31H42Cl3NO6S/c1-18-10-9-11-19(2)27(41-29(38)39-17-31(32,33)34)22(5)28(37)30(7,8)21(4)15-26(36)40-25(13-12-18)20(3)14-24-16-42-23(6)35-24/h9-10,12,14,16,19,21-22,25,27H,11,13,15,17H2,1-8H3/b10-9?,18-12?,20-14+/t19-,21-,22+,25-,27-/m0/s1. The van der Waals surface area contributed by atoms with Crippen molar-refractivity contribution in [1.29, 1.82) is 0 Å². The number of carbonyl (C=O) groups excluding carboxylic acids is 3. The van der Waals surface area contributed by atoms with Gasteiger partial charge in [0.1, 0.15) is 24.6 Å². The highest BCUT2D eigenvalue weighted by Crippen LogP contribution is 2.37. The Hall–Kier alpha value is -1.87. The molecule has 1 aliphatic rings. The van der Waals surface area contributed by atoms with Crippen LogP contribution in [0.15, 0.2) is 34.8 Å². The summed E-state index contributed by atoms with van der Waals surface area (Å²) in [5.41, 5.74) is 1.76. The fraction of sp³-hybridized carbons (Fsp3) is 0.613. The van der Waals surface area contributed by atoms with E-state index in [1.807, 2.05) is 64.3 Å². The van der Waals surface area contributed by atoms with Crippen LogP contribution in [0.1, 0.15) is 78.4 Å². The minimum Gasteiger partial charge on any atom is -0.457 e. The normalized spacial score (nSPS) is 26.8. The van der Waals surface area contributed by atoms with Crippen molar-refractivity contribution in [3.63, 3.8) is 0 Å². The second-order valence-corrected chi connectivity index (χ2v) is 15.3. The molecule has 1 aromatic rings. The lowest BCUT2D eigenvalue weighted by atomic mass is 9.69. The fourth-order valence-electron chi connectivity index (χ4n) is 4.75. The highest BCUT2D eigenvalue weighted by molar-refractivity contribution is 7.09. The number of allylic oxidation sites excluding steroid dienone is 3.